The van der Waals surface area contributed by atoms with E-state index in [1.807, 2.05) is 0 Å². The van der Waals surface area contributed by atoms with Crippen molar-refractivity contribution < 1.29 is 19.1 Å². The maximum Gasteiger partial charge on any atom is 0.391 e. The summed E-state index contributed by atoms with van der Waals surface area (Å²) in [6.45, 7) is 1.46. The highest BCUT2D eigenvalue weighted by atomic mass is 31.2. The Bertz CT molecular complexity index is 294. The zero-order valence-corrected chi connectivity index (χ0v) is 7.86. The summed E-state index contributed by atoms with van der Waals surface area (Å²) in [4.78, 5) is 27.9. The molecule has 2 N–H and O–H groups in total. The van der Waals surface area contributed by atoms with Crippen LogP contribution in [0.4, 0.5) is 0 Å². The van der Waals surface area contributed by atoms with Crippen molar-refractivity contribution in [1.29, 1.82) is 0 Å². The zero-order chi connectivity index (χ0) is 9.84. The van der Waals surface area contributed by atoms with Crippen molar-refractivity contribution in [2.45, 2.75) is 6.92 Å². The lowest BCUT2D eigenvalue weighted by Crippen LogP contribution is -1.91. The molecular formula is C8H9O4P. The van der Waals surface area contributed by atoms with Gasteiger partial charge in [0.15, 0.2) is 5.78 Å². The molecule has 0 heterocycles. The predicted octanol–water partition coefficient (Wildman–Crippen LogP) is 1.48. The lowest BCUT2D eigenvalue weighted by Gasteiger charge is -2.04. The van der Waals surface area contributed by atoms with Crippen LogP contribution < -0.4 is 4.52 Å². The minimum absolute atomic E-state index is 0.0400. The van der Waals surface area contributed by atoms with Gasteiger partial charge in [0.25, 0.3) is 0 Å². The number of rotatable bonds is 3. The SMILES string of the molecule is CC(=O)c1ccc(OP(O)O)cc1. The zero-order valence-electron chi connectivity index (χ0n) is 6.97. The first-order chi connectivity index (χ1) is 6.09. The van der Waals surface area contributed by atoms with Crippen molar-refractivity contribution in [2.75, 3.05) is 0 Å². The van der Waals surface area contributed by atoms with E-state index in [2.05, 4.69) is 4.52 Å². The molecule has 0 aromatic heterocycles. The lowest BCUT2D eigenvalue weighted by atomic mass is 10.1. The minimum atomic E-state index is -2.39. The normalized spacial score (nSPS) is 10.2. The molecule has 0 unspecified atom stereocenters. The molecule has 5 heteroatoms. The highest BCUT2D eigenvalue weighted by molar-refractivity contribution is 7.39. The summed E-state index contributed by atoms with van der Waals surface area (Å²) in [6.07, 6.45) is 0. The van der Waals surface area contributed by atoms with Crippen LogP contribution in [0, 0.1) is 0 Å². The largest absolute Gasteiger partial charge is 0.427 e. The van der Waals surface area contributed by atoms with Crippen LogP contribution in [0.3, 0.4) is 0 Å². The fourth-order valence-electron chi connectivity index (χ4n) is 0.845. The summed E-state index contributed by atoms with van der Waals surface area (Å²) in [5.41, 5.74) is 0.563. The van der Waals surface area contributed by atoms with E-state index in [1.165, 1.54) is 19.1 Å². The fourth-order valence-corrected chi connectivity index (χ4v) is 1.16. The predicted molar refractivity (Wildman–Crippen MR) is 48.4 cm³/mol. The van der Waals surface area contributed by atoms with Crippen molar-refractivity contribution in [3.8, 4) is 5.75 Å². The first-order valence-corrected chi connectivity index (χ1v) is 4.73. The Kier molecular flexibility index (Phi) is 3.37. The van der Waals surface area contributed by atoms with Gasteiger partial charge < -0.3 is 14.3 Å². The third-order valence-electron chi connectivity index (χ3n) is 1.45. The van der Waals surface area contributed by atoms with Gasteiger partial charge in [-0.3, -0.25) is 4.79 Å². The van der Waals surface area contributed by atoms with Crippen molar-refractivity contribution in [3.05, 3.63) is 29.8 Å². The van der Waals surface area contributed by atoms with Gasteiger partial charge in [-0.2, -0.15) is 0 Å². The highest BCUT2D eigenvalue weighted by Gasteiger charge is 2.03. The summed E-state index contributed by atoms with van der Waals surface area (Å²) >= 11 is 0. The Morgan fingerprint density at radius 2 is 1.85 bits per heavy atom. The number of hydrogen-bond acceptors (Lipinski definition) is 4. The van der Waals surface area contributed by atoms with Gasteiger partial charge in [0.1, 0.15) is 5.75 Å². The monoisotopic (exact) mass is 200 g/mol. The molecule has 13 heavy (non-hydrogen) atoms. The fraction of sp³-hybridized carbons (Fsp3) is 0.125. The van der Waals surface area contributed by atoms with Crippen LogP contribution in [0.15, 0.2) is 24.3 Å². The Balaban J connectivity index is 2.75. The summed E-state index contributed by atoms with van der Waals surface area (Å²) in [6, 6.07) is 6.16. The van der Waals surface area contributed by atoms with Crippen molar-refractivity contribution in [2.24, 2.45) is 0 Å². The van der Waals surface area contributed by atoms with Gasteiger partial charge >= 0.3 is 8.60 Å². The Labute approximate surface area is 76.8 Å². The molecule has 0 spiro atoms. The molecule has 1 aromatic carbocycles. The average molecular weight is 200 g/mol. The van der Waals surface area contributed by atoms with Gasteiger partial charge in [-0.05, 0) is 31.2 Å². The van der Waals surface area contributed by atoms with Gasteiger partial charge in [0.2, 0.25) is 0 Å². The van der Waals surface area contributed by atoms with Gasteiger partial charge in [-0.1, -0.05) is 0 Å². The average Bonchev–Trinajstić information content (AvgIpc) is 2.04. The van der Waals surface area contributed by atoms with E-state index in [0.29, 0.717) is 11.3 Å². The van der Waals surface area contributed by atoms with Crippen molar-refractivity contribution in [1.82, 2.24) is 0 Å². The Hall–Kier alpha value is -0.960. The molecule has 0 aliphatic carbocycles. The second kappa shape index (κ2) is 4.33. The van der Waals surface area contributed by atoms with E-state index in [1.54, 1.807) is 12.1 Å². The summed E-state index contributed by atoms with van der Waals surface area (Å²) in [5, 5.41) is 0. The van der Waals surface area contributed by atoms with Gasteiger partial charge in [-0.25, -0.2) is 0 Å². The van der Waals surface area contributed by atoms with Crippen molar-refractivity contribution >= 4 is 14.4 Å². The third-order valence-corrected chi connectivity index (χ3v) is 1.82. The first-order valence-electron chi connectivity index (χ1n) is 3.56. The molecule has 0 saturated heterocycles. The molecule has 70 valence electrons. The molecule has 0 radical (unpaired) electrons. The minimum Gasteiger partial charge on any atom is -0.427 e. The molecular weight excluding hydrogens is 191 g/mol. The van der Waals surface area contributed by atoms with E-state index in [0.717, 1.165) is 0 Å². The van der Waals surface area contributed by atoms with Gasteiger partial charge in [0.05, 0.1) is 0 Å². The van der Waals surface area contributed by atoms with Crippen LogP contribution >= 0.6 is 8.60 Å². The number of ketones is 1. The molecule has 0 bridgehead atoms. The maximum atomic E-state index is 10.8. The Morgan fingerprint density at radius 3 is 2.23 bits per heavy atom. The molecule has 4 nitrogen and oxygen atoms in total. The first kappa shape index (κ1) is 10.1. The lowest BCUT2D eigenvalue weighted by molar-refractivity contribution is 0.101. The van der Waals surface area contributed by atoms with E-state index in [4.69, 9.17) is 9.79 Å². The summed E-state index contributed by atoms with van der Waals surface area (Å²) < 4.78 is 4.61. The maximum absolute atomic E-state index is 10.8. The van der Waals surface area contributed by atoms with Crippen molar-refractivity contribution in [3.63, 3.8) is 0 Å². The number of hydrogen-bond donors (Lipinski definition) is 2. The smallest absolute Gasteiger partial charge is 0.391 e. The summed E-state index contributed by atoms with van der Waals surface area (Å²) in [7, 11) is -2.39. The number of Topliss-reactive ketones (excluding diaryl/α,β-unsaturated/α-hetero) is 1. The number of benzene rings is 1. The summed E-state index contributed by atoms with van der Waals surface area (Å²) in [5.74, 6) is 0.294. The van der Waals surface area contributed by atoms with Crippen LogP contribution in [0.2, 0.25) is 0 Å². The van der Waals surface area contributed by atoms with Crippen LogP contribution in [0.25, 0.3) is 0 Å². The molecule has 1 aromatic rings. The Morgan fingerprint density at radius 1 is 1.31 bits per heavy atom. The van der Waals surface area contributed by atoms with Gasteiger partial charge in [0, 0.05) is 5.56 Å². The molecule has 0 saturated carbocycles. The molecule has 0 atom stereocenters. The van der Waals surface area contributed by atoms with E-state index in [-0.39, 0.29) is 5.78 Å². The molecule has 0 aliphatic heterocycles. The molecule has 0 amide bonds. The number of carbonyl (C=O) groups excluding carboxylic acids is 1. The third kappa shape index (κ3) is 3.11. The second-order valence-corrected chi connectivity index (χ2v) is 3.11. The van der Waals surface area contributed by atoms with Crippen LogP contribution in [0.5, 0.6) is 5.75 Å². The molecule has 1 rings (SSSR count). The van der Waals surface area contributed by atoms with Crippen LogP contribution in [0.1, 0.15) is 17.3 Å². The van der Waals surface area contributed by atoms with E-state index >= 15 is 0 Å². The van der Waals surface area contributed by atoms with Crippen LogP contribution in [-0.2, 0) is 0 Å². The van der Waals surface area contributed by atoms with E-state index < -0.39 is 8.60 Å². The quantitative estimate of drug-likeness (QED) is 0.572. The highest BCUT2D eigenvalue weighted by Crippen LogP contribution is 2.28. The van der Waals surface area contributed by atoms with Gasteiger partial charge in [-0.15, -0.1) is 0 Å². The second-order valence-electron chi connectivity index (χ2n) is 2.42. The van der Waals surface area contributed by atoms with Crippen LogP contribution in [-0.4, -0.2) is 15.6 Å². The van der Waals surface area contributed by atoms with E-state index in [9.17, 15) is 4.79 Å². The number of carbonyl (C=O) groups is 1. The molecule has 0 aliphatic rings. The molecule has 0 fully saturated rings. The topological polar surface area (TPSA) is 66.8 Å². The standard InChI is InChI=1S/C8H9O4P/c1-6(9)7-2-4-8(5-3-7)12-13(10)11/h2-5,10-11H,1H3.